The molecule has 0 amide bonds. The quantitative estimate of drug-likeness (QED) is 0.313. The van der Waals surface area contributed by atoms with E-state index in [0.29, 0.717) is 12.8 Å². The molecule has 4 N–H and O–H groups in total. The fourth-order valence-electron chi connectivity index (χ4n) is 2.40. The number of nitrogens with two attached hydrogens (primary N) is 1. The molecule has 0 radical (unpaired) electrons. The van der Waals surface area contributed by atoms with Crippen LogP contribution in [0, 0.1) is 0 Å². The Morgan fingerprint density at radius 2 is 2.09 bits per heavy atom. The molecule has 1 fully saturated rings. The number of esters is 1. The number of carbonyl (C=O) groups excluding carboxylic acids is 2. The van der Waals surface area contributed by atoms with E-state index in [0.717, 1.165) is 25.7 Å². The Kier molecular flexibility index (Phi) is 7.72. The van der Waals surface area contributed by atoms with E-state index in [-0.39, 0.29) is 12.2 Å². The predicted molar refractivity (Wildman–Crippen MR) is 82.0 cm³/mol. The maximum absolute atomic E-state index is 11.6. The summed E-state index contributed by atoms with van der Waals surface area (Å²) >= 11 is 0. The summed E-state index contributed by atoms with van der Waals surface area (Å²) in [6, 6.07) is 0. The standard InChI is InChI=1S/C16H27NO5/c1-2-3-4-5-8-12(19)9-6-7-10-13-14(20)16(17,11-18)15(21)22-13/h6-7,13-14,18,20H,2-5,8-11,17H2,1H3/b7-6+/t13-,14?,16?/m0/s1. The van der Waals surface area contributed by atoms with E-state index in [1.165, 1.54) is 0 Å². The van der Waals surface area contributed by atoms with Crippen LogP contribution in [0.15, 0.2) is 12.2 Å². The van der Waals surface area contributed by atoms with Crippen LogP contribution in [0.25, 0.3) is 0 Å². The monoisotopic (exact) mass is 313 g/mol. The van der Waals surface area contributed by atoms with Crippen molar-refractivity contribution in [1.29, 1.82) is 0 Å². The zero-order valence-corrected chi connectivity index (χ0v) is 13.2. The summed E-state index contributed by atoms with van der Waals surface area (Å²) in [6.45, 7) is 1.46. The maximum atomic E-state index is 11.6. The minimum Gasteiger partial charge on any atom is -0.458 e. The van der Waals surface area contributed by atoms with Crippen molar-refractivity contribution >= 4 is 11.8 Å². The van der Waals surface area contributed by atoms with Gasteiger partial charge in [0.15, 0.2) is 5.54 Å². The number of aliphatic hydroxyl groups is 2. The van der Waals surface area contributed by atoms with Crippen molar-refractivity contribution in [2.24, 2.45) is 5.73 Å². The van der Waals surface area contributed by atoms with Gasteiger partial charge in [-0.1, -0.05) is 38.3 Å². The van der Waals surface area contributed by atoms with Crippen molar-refractivity contribution in [3.63, 3.8) is 0 Å². The molecule has 1 aliphatic rings. The minimum atomic E-state index is -1.74. The van der Waals surface area contributed by atoms with E-state index >= 15 is 0 Å². The molecule has 0 bridgehead atoms. The first-order valence-corrected chi connectivity index (χ1v) is 7.91. The van der Waals surface area contributed by atoms with Gasteiger partial charge in [0.1, 0.15) is 18.0 Å². The Morgan fingerprint density at radius 3 is 2.68 bits per heavy atom. The smallest absolute Gasteiger partial charge is 0.331 e. The van der Waals surface area contributed by atoms with Gasteiger partial charge in [0.2, 0.25) is 0 Å². The highest BCUT2D eigenvalue weighted by Gasteiger charge is 2.53. The molecule has 0 aromatic carbocycles. The van der Waals surface area contributed by atoms with Gasteiger partial charge in [-0.25, -0.2) is 4.79 Å². The number of hydrogen-bond acceptors (Lipinski definition) is 6. The Balaban J connectivity index is 2.29. The summed E-state index contributed by atoms with van der Waals surface area (Å²) in [7, 11) is 0. The summed E-state index contributed by atoms with van der Waals surface area (Å²) in [5.41, 5.74) is 3.87. The first kappa shape index (κ1) is 18.8. The fraction of sp³-hybridized carbons (Fsp3) is 0.750. The molecule has 1 rings (SSSR count). The molecule has 0 spiro atoms. The van der Waals surface area contributed by atoms with Crippen molar-refractivity contribution in [2.75, 3.05) is 6.61 Å². The van der Waals surface area contributed by atoms with E-state index in [2.05, 4.69) is 6.92 Å². The SMILES string of the molecule is CCCCCCC(=O)C/C=C/C[C@@H]1OC(=O)C(N)(CO)C1O. The molecule has 0 aliphatic carbocycles. The van der Waals surface area contributed by atoms with Crippen molar-refractivity contribution in [2.45, 2.75) is 69.6 Å². The number of Topliss-reactive ketones (excluding diaryl/α,β-unsaturated/α-hetero) is 1. The lowest BCUT2D eigenvalue weighted by molar-refractivity contribution is -0.146. The van der Waals surface area contributed by atoms with Crippen LogP contribution in [0.5, 0.6) is 0 Å². The molecule has 3 atom stereocenters. The molecule has 0 aromatic heterocycles. The molecule has 0 saturated carbocycles. The molecule has 2 unspecified atom stereocenters. The summed E-state index contributed by atoms with van der Waals surface area (Å²) < 4.78 is 4.97. The number of aliphatic hydroxyl groups excluding tert-OH is 2. The molecule has 0 aromatic rings. The van der Waals surface area contributed by atoms with Crippen LogP contribution in [0.1, 0.15) is 51.9 Å². The van der Waals surface area contributed by atoms with E-state index in [1.54, 1.807) is 12.2 Å². The first-order valence-electron chi connectivity index (χ1n) is 7.91. The maximum Gasteiger partial charge on any atom is 0.331 e. The predicted octanol–water partition coefficient (Wildman–Crippen LogP) is 0.838. The molecular formula is C16H27NO5. The lowest BCUT2D eigenvalue weighted by atomic mass is 9.93. The third-order valence-corrected chi connectivity index (χ3v) is 3.97. The summed E-state index contributed by atoms with van der Waals surface area (Å²) in [5.74, 6) is -0.618. The van der Waals surface area contributed by atoms with Crippen molar-refractivity contribution < 1.29 is 24.5 Å². The molecular weight excluding hydrogens is 286 g/mol. The third-order valence-electron chi connectivity index (χ3n) is 3.97. The van der Waals surface area contributed by atoms with Gasteiger partial charge in [0.05, 0.1) is 6.61 Å². The van der Waals surface area contributed by atoms with Crippen LogP contribution in [0.3, 0.4) is 0 Å². The number of cyclic esters (lactones) is 1. The Labute approximate surface area is 131 Å². The molecule has 6 heteroatoms. The zero-order valence-electron chi connectivity index (χ0n) is 13.2. The number of rotatable bonds is 10. The average molecular weight is 313 g/mol. The van der Waals surface area contributed by atoms with E-state index in [9.17, 15) is 14.7 Å². The van der Waals surface area contributed by atoms with E-state index in [1.807, 2.05) is 0 Å². The van der Waals surface area contributed by atoms with Gasteiger partial charge >= 0.3 is 5.97 Å². The molecule has 22 heavy (non-hydrogen) atoms. The van der Waals surface area contributed by atoms with Gasteiger partial charge in [0.25, 0.3) is 0 Å². The van der Waals surface area contributed by atoms with Crippen LogP contribution in [-0.4, -0.2) is 46.3 Å². The van der Waals surface area contributed by atoms with Crippen molar-refractivity contribution in [3.05, 3.63) is 12.2 Å². The molecule has 126 valence electrons. The van der Waals surface area contributed by atoms with Gasteiger partial charge in [-0.05, 0) is 6.42 Å². The van der Waals surface area contributed by atoms with Gasteiger partial charge in [-0.2, -0.15) is 0 Å². The molecule has 1 saturated heterocycles. The summed E-state index contributed by atoms with van der Waals surface area (Å²) in [6.07, 6.45) is 6.90. The molecule has 6 nitrogen and oxygen atoms in total. The summed E-state index contributed by atoms with van der Waals surface area (Å²) in [5, 5.41) is 19.0. The molecule has 1 heterocycles. The van der Waals surface area contributed by atoms with Gasteiger partial charge < -0.3 is 20.7 Å². The average Bonchev–Trinajstić information content (AvgIpc) is 2.72. The van der Waals surface area contributed by atoms with Crippen LogP contribution >= 0.6 is 0 Å². The minimum absolute atomic E-state index is 0.180. The normalized spacial score (nSPS) is 28.3. The van der Waals surface area contributed by atoms with Crippen LogP contribution in [0.2, 0.25) is 0 Å². The second-order valence-electron chi connectivity index (χ2n) is 5.85. The first-order chi connectivity index (χ1) is 10.5. The fourth-order valence-corrected chi connectivity index (χ4v) is 2.40. The van der Waals surface area contributed by atoms with Crippen LogP contribution < -0.4 is 5.73 Å². The topological polar surface area (TPSA) is 110 Å². The number of ether oxygens (including phenoxy) is 1. The number of carbonyl (C=O) groups is 2. The Bertz CT molecular complexity index is 409. The van der Waals surface area contributed by atoms with Gasteiger partial charge in [-0.3, -0.25) is 4.79 Å². The van der Waals surface area contributed by atoms with E-state index in [4.69, 9.17) is 15.6 Å². The number of ketones is 1. The highest BCUT2D eigenvalue weighted by atomic mass is 16.6. The van der Waals surface area contributed by atoms with Crippen LogP contribution in [0.4, 0.5) is 0 Å². The lowest BCUT2D eigenvalue weighted by Crippen LogP contribution is -2.57. The third kappa shape index (κ3) is 4.90. The zero-order chi connectivity index (χ0) is 16.6. The highest BCUT2D eigenvalue weighted by molar-refractivity contribution is 5.84. The number of allylic oxidation sites excluding steroid dienone is 1. The van der Waals surface area contributed by atoms with Crippen LogP contribution in [-0.2, 0) is 14.3 Å². The molecule has 1 aliphatic heterocycles. The lowest BCUT2D eigenvalue weighted by Gasteiger charge is -2.21. The highest BCUT2D eigenvalue weighted by Crippen LogP contribution is 2.26. The number of hydrogen-bond donors (Lipinski definition) is 3. The van der Waals surface area contributed by atoms with Gasteiger partial charge in [0, 0.05) is 19.3 Å². The van der Waals surface area contributed by atoms with Gasteiger partial charge in [-0.15, -0.1) is 0 Å². The van der Waals surface area contributed by atoms with Crippen molar-refractivity contribution in [3.8, 4) is 0 Å². The van der Waals surface area contributed by atoms with E-state index < -0.39 is 30.3 Å². The largest absolute Gasteiger partial charge is 0.458 e. The summed E-state index contributed by atoms with van der Waals surface area (Å²) in [4.78, 5) is 23.1. The second-order valence-corrected chi connectivity index (χ2v) is 5.85. The Hall–Kier alpha value is -1.24. The number of unbranched alkanes of at least 4 members (excludes halogenated alkanes) is 3. The Morgan fingerprint density at radius 1 is 1.36 bits per heavy atom. The van der Waals surface area contributed by atoms with Crippen molar-refractivity contribution in [1.82, 2.24) is 0 Å². The second kappa shape index (κ2) is 9.02.